The number of fused-ring (bicyclic) bond motifs is 2. The second-order valence-corrected chi connectivity index (χ2v) is 6.44. The maximum Gasteiger partial charge on any atom is 0.0414 e. The van der Waals surface area contributed by atoms with Gasteiger partial charge in [-0.05, 0) is 36.5 Å². The van der Waals surface area contributed by atoms with Crippen molar-refractivity contribution in [3.05, 3.63) is 29.3 Å². The molecule has 1 saturated heterocycles. The molecule has 1 aromatic carbocycles. The predicted octanol–water partition coefficient (Wildman–Crippen LogP) is 2.57. The van der Waals surface area contributed by atoms with Gasteiger partial charge in [-0.25, -0.2) is 0 Å². The van der Waals surface area contributed by atoms with Gasteiger partial charge in [-0.3, -0.25) is 0 Å². The summed E-state index contributed by atoms with van der Waals surface area (Å²) in [6.07, 6.45) is 1.27. The van der Waals surface area contributed by atoms with Crippen molar-refractivity contribution in [2.75, 3.05) is 23.5 Å². The van der Waals surface area contributed by atoms with Crippen LogP contribution in [0.3, 0.4) is 0 Å². The highest BCUT2D eigenvalue weighted by molar-refractivity contribution is 7.99. The number of nitrogens with two attached hydrogens (primary N) is 1. The van der Waals surface area contributed by atoms with Crippen LogP contribution in [-0.2, 0) is 0 Å². The van der Waals surface area contributed by atoms with Gasteiger partial charge >= 0.3 is 0 Å². The lowest BCUT2D eigenvalue weighted by Gasteiger charge is -2.47. The molecular formula is C14H20N2S. The van der Waals surface area contributed by atoms with E-state index in [0.29, 0.717) is 12.0 Å². The van der Waals surface area contributed by atoms with Crippen LogP contribution < -0.4 is 10.6 Å². The summed E-state index contributed by atoms with van der Waals surface area (Å²) in [6, 6.07) is 7.56. The number of anilines is 1. The SMILES string of the molecule is Cc1ccc2c(c1)C(N)C1CSCCC1N2C. The summed E-state index contributed by atoms with van der Waals surface area (Å²) < 4.78 is 0. The summed E-state index contributed by atoms with van der Waals surface area (Å²) in [5, 5.41) is 0. The largest absolute Gasteiger partial charge is 0.371 e. The minimum Gasteiger partial charge on any atom is -0.371 e. The first-order valence-electron chi connectivity index (χ1n) is 6.35. The second-order valence-electron chi connectivity index (χ2n) is 5.29. The molecule has 3 heteroatoms. The monoisotopic (exact) mass is 248 g/mol. The summed E-state index contributed by atoms with van der Waals surface area (Å²) in [4.78, 5) is 2.46. The summed E-state index contributed by atoms with van der Waals surface area (Å²) >= 11 is 2.06. The average Bonchev–Trinajstić information content (AvgIpc) is 2.36. The Labute approximate surface area is 108 Å². The molecule has 3 rings (SSSR count). The van der Waals surface area contributed by atoms with Crippen molar-refractivity contribution in [3.8, 4) is 0 Å². The standard InChI is InChI=1S/C14H20N2S/c1-9-3-4-12-10(7-9)14(15)11-8-17-6-5-13(11)16(12)2/h3-4,7,11,13-14H,5-6,8,15H2,1-2H3. The fraction of sp³-hybridized carbons (Fsp3) is 0.571. The molecule has 2 N–H and O–H groups in total. The molecule has 0 radical (unpaired) electrons. The minimum absolute atomic E-state index is 0.221. The number of aryl methyl sites for hydroxylation is 1. The number of benzene rings is 1. The van der Waals surface area contributed by atoms with Crippen molar-refractivity contribution in [2.24, 2.45) is 11.7 Å². The molecule has 2 nitrogen and oxygen atoms in total. The zero-order valence-corrected chi connectivity index (χ0v) is 11.3. The molecule has 3 unspecified atom stereocenters. The van der Waals surface area contributed by atoms with Crippen LogP contribution in [0.15, 0.2) is 18.2 Å². The normalized spacial score (nSPS) is 31.9. The first-order chi connectivity index (χ1) is 8.18. The number of rotatable bonds is 0. The lowest BCUT2D eigenvalue weighted by molar-refractivity contribution is 0.347. The van der Waals surface area contributed by atoms with Crippen LogP contribution in [0.5, 0.6) is 0 Å². The minimum atomic E-state index is 0.221. The van der Waals surface area contributed by atoms with Crippen molar-refractivity contribution >= 4 is 17.4 Å². The van der Waals surface area contributed by atoms with Gasteiger partial charge in [0.25, 0.3) is 0 Å². The van der Waals surface area contributed by atoms with E-state index in [9.17, 15) is 0 Å². The molecule has 17 heavy (non-hydrogen) atoms. The van der Waals surface area contributed by atoms with Crippen molar-refractivity contribution in [2.45, 2.75) is 25.4 Å². The van der Waals surface area contributed by atoms with E-state index in [1.807, 2.05) is 0 Å². The van der Waals surface area contributed by atoms with Crippen LogP contribution in [0, 0.1) is 12.8 Å². The Bertz CT molecular complexity index is 432. The van der Waals surface area contributed by atoms with Crippen LogP contribution in [0.1, 0.15) is 23.6 Å². The molecule has 0 amide bonds. The van der Waals surface area contributed by atoms with Gasteiger partial charge in [0.1, 0.15) is 0 Å². The molecule has 2 aliphatic rings. The lowest BCUT2D eigenvalue weighted by Crippen LogP contribution is -2.50. The smallest absolute Gasteiger partial charge is 0.0414 e. The van der Waals surface area contributed by atoms with E-state index < -0.39 is 0 Å². The van der Waals surface area contributed by atoms with E-state index in [-0.39, 0.29) is 6.04 Å². The highest BCUT2D eigenvalue weighted by Gasteiger charge is 2.39. The van der Waals surface area contributed by atoms with E-state index in [1.54, 1.807) is 0 Å². The van der Waals surface area contributed by atoms with E-state index in [0.717, 1.165) is 0 Å². The van der Waals surface area contributed by atoms with Gasteiger partial charge in [-0.15, -0.1) is 0 Å². The Morgan fingerprint density at radius 3 is 3.06 bits per heavy atom. The van der Waals surface area contributed by atoms with Gasteiger partial charge in [-0.2, -0.15) is 11.8 Å². The highest BCUT2D eigenvalue weighted by atomic mass is 32.2. The van der Waals surface area contributed by atoms with Crippen molar-refractivity contribution in [1.29, 1.82) is 0 Å². The van der Waals surface area contributed by atoms with Gasteiger partial charge in [-0.1, -0.05) is 17.7 Å². The predicted molar refractivity (Wildman–Crippen MR) is 75.7 cm³/mol. The number of hydrogen-bond donors (Lipinski definition) is 1. The third kappa shape index (κ3) is 1.76. The van der Waals surface area contributed by atoms with E-state index in [1.165, 1.54) is 34.7 Å². The fourth-order valence-electron chi connectivity index (χ4n) is 3.24. The summed E-state index contributed by atoms with van der Waals surface area (Å²) in [6.45, 7) is 2.15. The van der Waals surface area contributed by atoms with Crippen LogP contribution in [-0.4, -0.2) is 24.6 Å². The van der Waals surface area contributed by atoms with Crippen LogP contribution in [0.4, 0.5) is 5.69 Å². The zero-order valence-electron chi connectivity index (χ0n) is 10.5. The molecule has 0 aromatic heterocycles. The number of thioether (sulfide) groups is 1. The summed E-state index contributed by atoms with van der Waals surface area (Å²) in [5.74, 6) is 3.11. The van der Waals surface area contributed by atoms with E-state index in [4.69, 9.17) is 5.73 Å². The van der Waals surface area contributed by atoms with Crippen molar-refractivity contribution in [3.63, 3.8) is 0 Å². The maximum atomic E-state index is 6.49. The molecule has 2 heterocycles. The van der Waals surface area contributed by atoms with Crippen molar-refractivity contribution in [1.82, 2.24) is 0 Å². The molecule has 0 bridgehead atoms. The van der Waals surface area contributed by atoms with Crippen LogP contribution in [0.2, 0.25) is 0 Å². The van der Waals surface area contributed by atoms with Crippen molar-refractivity contribution < 1.29 is 0 Å². The quantitative estimate of drug-likeness (QED) is 0.765. The zero-order chi connectivity index (χ0) is 12.0. The summed E-state index contributed by atoms with van der Waals surface area (Å²) in [5.41, 5.74) is 10.5. The first kappa shape index (κ1) is 11.4. The third-order valence-corrected chi connectivity index (χ3v) is 5.39. The molecule has 1 fully saturated rings. The molecule has 0 aliphatic carbocycles. The van der Waals surface area contributed by atoms with Gasteiger partial charge in [0.15, 0.2) is 0 Å². The Morgan fingerprint density at radius 1 is 1.41 bits per heavy atom. The van der Waals surface area contributed by atoms with Gasteiger partial charge < -0.3 is 10.6 Å². The van der Waals surface area contributed by atoms with Crippen LogP contribution in [0.25, 0.3) is 0 Å². The van der Waals surface area contributed by atoms with Gasteiger partial charge in [0, 0.05) is 30.7 Å². The Hall–Kier alpha value is -0.670. The Kier molecular flexibility index (Phi) is 2.83. The first-order valence-corrected chi connectivity index (χ1v) is 7.50. The molecule has 1 aromatic rings. The number of hydrogen-bond acceptors (Lipinski definition) is 3. The maximum absolute atomic E-state index is 6.49. The summed E-state index contributed by atoms with van der Waals surface area (Å²) in [7, 11) is 2.23. The molecule has 2 aliphatic heterocycles. The molecule has 0 spiro atoms. The van der Waals surface area contributed by atoms with Crippen LogP contribution >= 0.6 is 11.8 Å². The average molecular weight is 248 g/mol. The Morgan fingerprint density at radius 2 is 2.24 bits per heavy atom. The highest BCUT2D eigenvalue weighted by Crippen LogP contribution is 2.43. The molecule has 3 atom stereocenters. The third-order valence-electron chi connectivity index (χ3n) is 4.24. The molecular weight excluding hydrogens is 228 g/mol. The van der Waals surface area contributed by atoms with Gasteiger partial charge in [0.05, 0.1) is 0 Å². The van der Waals surface area contributed by atoms with Gasteiger partial charge in [0.2, 0.25) is 0 Å². The fourth-order valence-corrected chi connectivity index (χ4v) is 4.52. The lowest BCUT2D eigenvalue weighted by atomic mass is 9.81. The topological polar surface area (TPSA) is 29.3 Å². The van der Waals surface area contributed by atoms with E-state index in [2.05, 4.69) is 48.8 Å². The number of nitrogens with zero attached hydrogens (tertiary/aromatic N) is 1. The molecule has 0 saturated carbocycles. The Balaban J connectivity index is 2.07. The van der Waals surface area contributed by atoms with E-state index >= 15 is 0 Å². The molecule has 92 valence electrons. The second kappa shape index (κ2) is 4.21.